The SMILES string of the molecule is Cc1cc(Br)c(F)cc1C(O)c1ccccc1. The molecule has 0 aliphatic heterocycles. The summed E-state index contributed by atoms with van der Waals surface area (Å²) < 4.78 is 13.9. The average molecular weight is 295 g/mol. The van der Waals surface area contributed by atoms with Gasteiger partial charge in [0.15, 0.2) is 0 Å². The summed E-state index contributed by atoms with van der Waals surface area (Å²) in [6.07, 6.45) is -0.793. The fourth-order valence-corrected chi connectivity index (χ4v) is 2.23. The van der Waals surface area contributed by atoms with Gasteiger partial charge in [-0.25, -0.2) is 4.39 Å². The molecule has 88 valence electrons. The summed E-state index contributed by atoms with van der Waals surface area (Å²) in [6, 6.07) is 12.3. The van der Waals surface area contributed by atoms with Crippen LogP contribution in [0.15, 0.2) is 46.9 Å². The van der Waals surface area contributed by atoms with E-state index in [1.54, 1.807) is 6.07 Å². The van der Waals surface area contributed by atoms with Gasteiger partial charge in [0.05, 0.1) is 4.47 Å². The zero-order chi connectivity index (χ0) is 12.4. The molecule has 0 heterocycles. The molecule has 1 N–H and O–H groups in total. The van der Waals surface area contributed by atoms with Crippen molar-refractivity contribution in [2.45, 2.75) is 13.0 Å². The number of aliphatic hydroxyl groups excluding tert-OH is 1. The lowest BCUT2D eigenvalue weighted by Crippen LogP contribution is -2.02. The van der Waals surface area contributed by atoms with Crippen LogP contribution in [0.4, 0.5) is 4.39 Å². The molecule has 1 unspecified atom stereocenters. The molecule has 1 atom stereocenters. The lowest BCUT2D eigenvalue weighted by Gasteiger charge is -2.14. The van der Waals surface area contributed by atoms with E-state index in [9.17, 15) is 9.50 Å². The summed E-state index contributed by atoms with van der Waals surface area (Å²) in [5, 5.41) is 10.2. The Morgan fingerprint density at radius 3 is 2.47 bits per heavy atom. The van der Waals surface area contributed by atoms with Crippen LogP contribution in [0.1, 0.15) is 22.8 Å². The van der Waals surface area contributed by atoms with Crippen LogP contribution in [-0.2, 0) is 0 Å². The van der Waals surface area contributed by atoms with Gasteiger partial charge in [-0.2, -0.15) is 0 Å². The van der Waals surface area contributed by atoms with Gasteiger partial charge in [-0.05, 0) is 51.7 Å². The largest absolute Gasteiger partial charge is 0.384 e. The van der Waals surface area contributed by atoms with E-state index < -0.39 is 6.10 Å². The van der Waals surface area contributed by atoms with Crippen molar-refractivity contribution in [3.05, 3.63) is 69.4 Å². The third-order valence-corrected chi connectivity index (χ3v) is 3.33. The minimum atomic E-state index is -0.793. The molecule has 0 bridgehead atoms. The van der Waals surface area contributed by atoms with E-state index in [1.807, 2.05) is 37.3 Å². The van der Waals surface area contributed by atoms with Crippen molar-refractivity contribution in [2.24, 2.45) is 0 Å². The molecule has 0 aliphatic rings. The maximum atomic E-state index is 13.5. The summed E-state index contributed by atoms with van der Waals surface area (Å²) in [6.45, 7) is 1.85. The second-order valence-corrected chi connectivity index (χ2v) is 4.79. The summed E-state index contributed by atoms with van der Waals surface area (Å²) >= 11 is 3.13. The van der Waals surface area contributed by atoms with Gasteiger partial charge in [0.1, 0.15) is 11.9 Å². The van der Waals surface area contributed by atoms with Crippen LogP contribution in [0.3, 0.4) is 0 Å². The van der Waals surface area contributed by atoms with Gasteiger partial charge in [0, 0.05) is 0 Å². The van der Waals surface area contributed by atoms with Crippen molar-refractivity contribution in [1.82, 2.24) is 0 Å². The van der Waals surface area contributed by atoms with Gasteiger partial charge < -0.3 is 5.11 Å². The van der Waals surface area contributed by atoms with Crippen LogP contribution in [0, 0.1) is 12.7 Å². The van der Waals surface area contributed by atoms with Crippen LogP contribution in [0.2, 0.25) is 0 Å². The highest BCUT2D eigenvalue weighted by Gasteiger charge is 2.14. The first-order valence-corrected chi connectivity index (χ1v) is 6.07. The van der Waals surface area contributed by atoms with Crippen molar-refractivity contribution < 1.29 is 9.50 Å². The highest BCUT2D eigenvalue weighted by atomic mass is 79.9. The molecule has 2 aromatic carbocycles. The second-order valence-electron chi connectivity index (χ2n) is 3.94. The number of hydrogen-bond acceptors (Lipinski definition) is 1. The van der Waals surface area contributed by atoms with E-state index >= 15 is 0 Å². The molecule has 2 aromatic rings. The molecule has 0 aliphatic carbocycles. The van der Waals surface area contributed by atoms with Crippen LogP contribution >= 0.6 is 15.9 Å². The van der Waals surface area contributed by atoms with Gasteiger partial charge >= 0.3 is 0 Å². The number of aliphatic hydroxyl groups is 1. The van der Waals surface area contributed by atoms with Crippen molar-refractivity contribution >= 4 is 15.9 Å². The Bertz CT molecular complexity index is 525. The van der Waals surface area contributed by atoms with Crippen molar-refractivity contribution in [2.75, 3.05) is 0 Å². The predicted octanol–water partition coefficient (Wildman–Crippen LogP) is 3.98. The van der Waals surface area contributed by atoms with Crippen molar-refractivity contribution in [1.29, 1.82) is 0 Å². The monoisotopic (exact) mass is 294 g/mol. The summed E-state index contributed by atoms with van der Waals surface area (Å²) in [5.74, 6) is -0.361. The second kappa shape index (κ2) is 4.98. The van der Waals surface area contributed by atoms with E-state index in [1.165, 1.54) is 6.07 Å². The van der Waals surface area contributed by atoms with E-state index in [-0.39, 0.29) is 5.82 Å². The van der Waals surface area contributed by atoms with Crippen molar-refractivity contribution in [3.63, 3.8) is 0 Å². The molecule has 0 radical (unpaired) electrons. The molecule has 0 fully saturated rings. The number of aryl methyl sites for hydroxylation is 1. The molecular formula is C14H12BrFO. The first-order valence-electron chi connectivity index (χ1n) is 5.28. The first kappa shape index (κ1) is 12.3. The maximum Gasteiger partial charge on any atom is 0.137 e. The highest BCUT2D eigenvalue weighted by molar-refractivity contribution is 9.10. The third kappa shape index (κ3) is 2.56. The normalized spacial score (nSPS) is 12.5. The molecule has 1 nitrogen and oxygen atoms in total. The van der Waals surface area contributed by atoms with Gasteiger partial charge in [0.2, 0.25) is 0 Å². The smallest absolute Gasteiger partial charge is 0.137 e. The van der Waals surface area contributed by atoms with Crippen LogP contribution in [0.25, 0.3) is 0 Å². The van der Waals surface area contributed by atoms with Gasteiger partial charge in [-0.15, -0.1) is 0 Å². The number of benzene rings is 2. The van der Waals surface area contributed by atoms with E-state index in [0.717, 1.165) is 11.1 Å². The lowest BCUT2D eigenvalue weighted by atomic mass is 9.97. The zero-order valence-electron chi connectivity index (χ0n) is 9.32. The molecule has 0 amide bonds. The van der Waals surface area contributed by atoms with Crippen LogP contribution < -0.4 is 0 Å². The standard InChI is InChI=1S/C14H12BrFO/c1-9-7-12(15)13(16)8-11(9)14(17)10-5-3-2-4-6-10/h2-8,14,17H,1H3. The van der Waals surface area contributed by atoms with Crippen LogP contribution in [-0.4, -0.2) is 5.11 Å². The molecule has 17 heavy (non-hydrogen) atoms. The van der Waals surface area contributed by atoms with E-state index in [4.69, 9.17) is 0 Å². The Hall–Kier alpha value is -1.19. The summed E-state index contributed by atoms with van der Waals surface area (Å²) in [5.41, 5.74) is 2.21. The summed E-state index contributed by atoms with van der Waals surface area (Å²) in [7, 11) is 0. The zero-order valence-corrected chi connectivity index (χ0v) is 10.9. The number of hydrogen-bond donors (Lipinski definition) is 1. The molecule has 0 saturated heterocycles. The Morgan fingerprint density at radius 1 is 1.18 bits per heavy atom. The lowest BCUT2D eigenvalue weighted by molar-refractivity contribution is 0.219. The quantitative estimate of drug-likeness (QED) is 0.888. The van der Waals surface area contributed by atoms with Gasteiger partial charge in [0.25, 0.3) is 0 Å². The van der Waals surface area contributed by atoms with E-state index in [0.29, 0.717) is 10.0 Å². The van der Waals surface area contributed by atoms with Crippen LogP contribution in [0.5, 0.6) is 0 Å². The highest BCUT2D eigenvalue weighted by Crippen LogP contribution is 2.28. The number of halogens is 2. The summed E-state index contributed by atoms with van der Waals surface area (Å²) in [4.78, 5) is 0. The fraction of sp³-hybridized carbons (Fsp3) is 0.143. The van der Waals surface area contributed by atoms with Crippen molar-refractivity contribution in [3.8, 4) is 0 Å². The molecule has 2 rings (SSSR count). The minimum absolute atomic E-state index is 0.361. The molecule has 0 aromatic heterocycles. The predicted molar refractivity (Wildman–Crippen MR) is 69.3 cm³/mol. The Kier molecular flexibility index (Phi) is 3.60. The number of rotatable bonds is 2. The first-order chi connectivity index (χ1) is 8.09. The molecular weight excluding hydrogens is 283 g/mol. The topological polar surface area (TPSA) is 20.2 Å². The van der Waals surface area contributed by atoms with Gasteiger partial charge in [-0.3, -0.25) is 0 Å². The third-order valence-electron chi connectivity index (χ3n) is 2.72. The average Bonchev–Trinajstić information content (AvgIpc) is 2.34. The molecule has 0 saturated carbocycles. The van der Waals surface area contributed by atoms with E-state index in [2.05, 4.69) is 15.9 Å². The molecule has 3 heteroatoms. The Morgan fingerprint density at radius 2 is 1.82 bits per heavy atom. The fourth-order valence-electron chi connectivity index (χ4n) is 1.77. The maximum absolute atomic E-state index is 13.5. The molecule has 0 spiro atoms. The Labute approximate surface area is 108 Å². The minimum Gasteiger partial charge on any atom is -0.384 e. The Balaban J connectivity index is 2.44. The van der Waals surface area contributed by atoms with Gasteiger partial charge in [-0.1, -0.05) is 30.3 Å².